The standard InChI is InChI=1S/C9H13N7O2/c1-5(8-11-14-15-12-8)10-9(18)6-3-4-7(17)16(2)13-6/h5H,3-4H2,1-2H3,(H,10,18)(H,11,12,14,15). The topological polar surface area (TPSA) is 116 Å². The molecule has 2 N–H and O–H groups in total. The predicted molar refractivity (Wildman–Crippen MR) is 60.2 cm³/mol. The van der Waals surface area contributed by atoms with Gasteiger partial charge in [-0.2, -0.15) is 10.3 Å². The third-order valence-electron chi connectivity index (χ3n) is 2.57. The Morgan fingerprint density at radius 3 is 2.89 bits per heavy atom. The Bertz CT molecular complexity index is 481. The number of nitrogens with zero attached hydrogens (tertiary/aromatic N) is 5. The molecule has 18 heavy (non-hydrogen) atoms. The Morgan fingerprint density at radius 1 is 1.50 bits per heavy atom. The van der Waals surface area contributed by atoms with Crippen LogP contribution in [0.4, 0.5) is 0 Å². The van der Waals surface area contributed by atoms with Crippen molar-refractivity contribution in [3.05, 3.63) is 5.82 Å². The highest BCUT2D eigenvalue weighted by Gasteiger charge is 2.23. The molecule has 0 radical (unpaired) electrons. The molecule has 0 bridgehead atoms. The number of hydrogen-bond donors (Lipinski definition) is 2. The molecule has 2 heterocycles. The summed E-state index contributed by atoms with van der Waals surface area (Å²) in [5.41, 5.74) is 0.326. The molecule has 2 rings (SSSR count). The first-order valence-corrected chi connectivity index (χ1v) is 5.46. The second-order valence-corrected chi connectivity index (χ2v) is 3.93. The monoisotopic (exact) mass is 251 g/mol. The van der Waals surface area contributed by atoms with Crippen molar-refractivity contribution in [3.63, 3.8) is 0 Å². The lowest BCUT2D eigenvalue weighted by Crippen LogP contribution is -2.38. The summed E-state index contributed by atoms with van der Waals surface area (Å²) in [4.78, 5) is 23.1. The minimum atomic E-state index is -0.373. The van der Waals surface area contributed by atoms with Crippen molar-refractivity contribution in [1.29, 1.82) is 0 Å². The first-order chi connectivity index (χ1) is 8.58. The van der Waals surface area contributed by atoms with Crippen LogP contribution in [0.3, 0.4) is 0 Å². The number of carbonyl (C=O) groups is 2. The number of carbonyl (C=O) groups excluding carboxylic acids is 2. The van der Waals surface area contributed by atoms with E-state index < -0.39 is 0 Å². The van der Waals surface area contributed by atoms with Crippen LogP contribution < -0.4 is 5.32 Å². The van der Waals surface area contributed by atoms with E-state index in [1.54, 1.807) is 6.92 Å². The summed E-state index contributed by atoms with van der Waals surface area (Å²) in [5, 5.41) is 21.1. The molecular formula is C9H13N7O2. The fourth-order valence-electron chi connectivity index (χ4n) is 1.53. The van der Waals surface area contributed by atoms with Crippen LogP contribution in [0, 0.1) is 0 Å². The third kappa shape index (κ3) is 2.50. The van der Waals surface area contributed by atoms with Crippen molar-refractivity contribution >= 4 is 17.5 Å². The van der Waals surface area contributed by atoms with Crippen LogP contribution in [0.25, 0.3) is 0 Å². The largest absolute Gasteiger partial charge is 0.341 e. The molecule has 0 aromatic carbocycles. The summed E-state index contributed by atoms with van der Waals surface area (Å²) >= 11 is 0. The number of aromatic nitrogens is 4. The Hall–Kier alpha value is -2.32. The molecule has 0 spiro atoms. The van der Waals surface area contributed by atoms with E-state index >= 15 is 0 Å². The predicted octanol–water partition coefficient (Wildman–Crippen LogP) is -1.01. The van der Waals surface area contributed by atoms with Crippen molar-refractivity contribution in [3.8, 4) is 0 Å². The zero-order valence-electron chi connectivity index (χ0n) is 10.0. The number of nitrogens with one attached hydrogen (secondary N) is 2. The number of aromatic amines is 1. The van der Waals surface area contributed by atoms with Gasteiger partial charge in [-0.05, 0) is 6.92 Å². The number of hydrogen-bond acceptors (Lipinski definition) is 6. The molecule has 1 aliphatic rings. The van der Waals surface area contributed by atoms with Gasteiger partial charge in [0.25, 0.3) is 5.91 Å². The van der Waals surface area contributed by atoms with E-state index in [2.05, 4.69) is 31.0 Å². The van der Waals surface area contributed by atoms with Gasteiger partial charge in [0.05, 0.1) is 6.04 Å². The molecule has 0 aliphatic carbocycles. The van der Waals surface area contributed by atoms with Crippen LogP contribution >= 0.6 is 0 Å². The quantitative estimate of drug-likeness (QED) is 0.713. The maximum absolute atomic E-state index is 11.9. The molecule has 0 saturated heterocycles. The normalized spacial score (nSPS) is 17.3. The average Bonchev–Trinajstić information content (AvgIpc) is 2.86. The molecule has 1 unspecified atom stereocenters. The molecular weight excluding hydrogens is 238 g/mol. The first kappa shape index (κ1) is 12.1. The highest BCUT2D eigenvalue weighted by Crippen LogP contribution is 2.09. The van der Waals surface area contributed by atoms with Crippen molar-refractivity contribution in [2.24, 2.45) is 5.10 Å². The van der Waals surface area contributed by atoms with Gasteiger partial charge in [-0.15, -0.1) is 10.2 Å². The summed E-state index contributed by atoms with van der Waals surface area (Å²) in [7, 11) is 1.53. The minimum absolute atomic E-state index is 0.0993. The van der Waals surface area contributed by atoms with Crippen molar-refractivity contribution in [2.75, 3.05) is 7.05 Å². The Morgan fingerprint density at radius 2 is 2.28 bits per heavy atom. The van der Waals surface area contributed by atoms with Crippen LogP contribution in [0.15, 0.2) is 5.10 Å². The highest BCUT2D eigenvalue weighted by atomic mass is 16.2. The maximum Gasteiger partial charge on any atom is 0.268 e. The van der Waals surface area contributed by atoms with Gasteiger partial charge in [0.1, 0.15) is 5.71 Å². The number of hydrazone groups is 1. The molecule has 1 aliphatic heterocycles. The van der Waals surface area contributed by atoms with Gasteiger partial charge in [-0.3, -0.25) is 9.59 Å². The maximum atomic E-state index is 11.9. The first-order valence-electron chi connectivity index (χ1n) is 5.46. The van der Waals surface area contributed by atoms with Gasteiger partial charge in [-0.1, -0.05) is 5.21 Å². The molecule has 1 aromatic heterocycles. The Labute approximate surface area is 103 Å². The molecule has 9 nitrogen and oxygen atoms in total. The third-order valence-corrected chi connectivity index (χ3v) is 2.57. The second kappa shape index (κ2) is 4.90. The zero-order chi connectivity index (χ0) is 13.1. The van der Waals surface area contributed by atoms with Crippen molar-refractivity contribution in [1.82, 2.24) is 30.9 Å². The fourth-order valence-corrected chi connectivity index (χ4v) is 1.53. The molecule has 1 atom stereocenters. The van der Waals surface area contributed by atoms with Gasteiger partial charge < -0.3 is 5.32 Å². The molecule has 96 valence electrons. The fraction of sp³-hybridized carbons (Fsp3) is 0.556. The van der Waals surface area contributed by atoms with E-state index in [4.69, 9.17) is 0 Å². The van der Waals surface area contributed by atoms with Crippen LogP contribution in [-0.4, -0.2) is 50.2 Å². The number of H-pyrrole nitrogens is 1. The molecule has 2 amide bonds. The smallest absolute Gasteiger partial charge is 0.268 e. The van der Waals surface area contributed by atoms with E-state index in [-0.39, 0.29) is 17.9 Å². The summed E-state index contributed by atoms with van der Waals surface area (Å²) in [6.07, 6.45) is 0.632. The number of amides is 2. The molecule has 1 aromatic rings. The summed E-state index contributed by atoms with van der Waals surface area (Å²) in [6.45, 7) is 1.74. The number of rotatable bonds is 3. The molecule has 9 heteroatoms. The van der Waals surface area contributed by atoms with Crippen LogP contribution in [0.1, 0.15) is 31.6 Å². The lowest BCUT2D eigenvalue weighted by atomic mass is 10.1. The van der Waals surface area contributed by atoms with E-state index in [0.717, 1.165) is 0 Å². The van der Waals surface area contributed by atoms with Gasteiger partial charge in [0.15, 0.2) is 5.82 Å². The minimum Gasteiger partial charge on any atom is -0.341 e. The van der Waals surface area contributed by atoms with Gasteiger partial charge in [0, 0.05) is 19.9 Å². The van der Waals surface area contributed by atoms with E-state index in [1.807, 2.05) is 0 Å². The van der Waals surface area contributed by atoms with Crippen LogP contribution in [-0.2, 0) is 9.59 Å². The SMILES string of the molecule is CC(NC(=O)C1=NN(C)C(=O)CC1)c1nn[nH]n1. The summed E-state index contributed by atoms with van der Waals surface area (Å²) in [5.74, 6) is -0.0337. The van der Waals surface area contributed by atoms with Gasteiger partial charge in [-0.25, -0.2) is 5.01 Å². The number of tetrazole rings is 1. The van der Waals surface area contributed by atoms with E-state index in [1.165, 1.54) is 12.1 Å². The zero-order valence-corrected chi connectivity index (χ0v) is 10.0. The summed E-state index contributed by atoms with van der Waals surface area (Å²) < 4.78 is 0. The highest BCUT2D eigenvalue weighted by molar-refractivity contribution is 6.39. The Kier molecular flexibility index (Phi) is 3.31. The molecule has 0 fully saturated rings. The van der Waals surface area contributed by atoms with E-state index in [0.29, 0.717) is 24.4 Å². The second-order valence-electron chi connectivity index (χ2n) is 3.93. The van der Waals surface area contributed by atoms with E-state index in [9.17, 15) is 9.59 Å². The lowest BCUT2D eigenvalue weighted by Gasteiger charge is -2.19. The van der Waals surface area contributed by atoms with Crippen LogP contribution in [0.2, 0.25) is 0 Å². The lowest BCUT2D eigenvalue weighted by molar-refractivity contribution is -0.130. The van der Waals surface area contributed by atoms with Crippen molar-refractivity contribution in [2.45, 2.75) is 25.8 Å². The average molecular weight is 251 g/mol. The van der Waals surface area contributed by atoms with Crippen molar-refractivity contribution < 1.29 is 9.59 Å². The van der Waals surface area contributed by atoms with Crippen LogP contribution in [0.5, 0.6) is 0 Å². The van der Waals surface area contributed by atoms with Gasteiger partial charge in [0.2, 0.25) is 5.91 Å². The Balaban J connectivity index is 2.00. The molecule has 0 saturated carbocycles. The van der Waals surface area contributed by atoms with Gasteiger partial charge >= 0.3 is 0 Å². The summed E-state index contributed by atoms with van der Waals surface area (Å²) in [6, 6.07) is -0.373.